The maximum absolute atomic E-state index is 10.4. The van der Waals surface area contributed by atoms with E-state index in [1.165, 1.54) is 74.6 Å². The van der Waals surface area contributed by atoms with Crippen molar-refractivity contribution >= 4 is 30.5 Å². The molecule has 98 heavy (non-hydrogen) atoms. The number of aliphatic hydroxyl groups excluding tert-OH is 6. The number of carboxylic acid groups (broad SMARTS) is 2. The van der Waals surface area contributed by atoms with Crippen molar-refractivity contribution in [1.82, 2.24) is 0 Å². The van der Waals surface area contributed by atoms with Crippen LogP contribution in [0.5, 0.6) is 0 Å². The first-order valence-corrected chi connectivity index (χ1v) is 34.5. The molecule has 538 valence electrons. The van der Waals surface area contributed by atoms with E-state index in [1.807, 2.05) is 42.5 Å². The van der Waals surface area contributed by atoms with Gasteiger partial charge in [-0.05, 0) is 214 Å². The van der Waals surface area contributed by atoms with E-state index in [2.05, 4.69) is 123 Å². The molecular weight excluding hydrogens is 1240 g/mol. The Morgan fingerprint density at radius 3 is 0.980 bits per heavy atom. The predicted octanol–water partition coefficient (Wildman–Crippen LogP) is 13.4. The molecule has 0 atom stereocenters. The number of hydrogen-bond acceptors (Lipinski definition) is 14. The average Bonchev–Trinajstić information content (AvgIpc) is 1.44. The molecule has 0 aliphatic rings. The van der Waals surface area contributed by atoms with Crippen LogP contribution in [0.4, 0.5) is 0 Å². The van der Waals surface area contributed by atoms with Crippen LogP contribution in [0.15, 0.2) is 170 Å². The zero-order valence-electron chi connectivity index (χ0n) is 58.5. The summed E-state index contributed by atoms with van der Waals surface area (Å²) in [6.45, 7) is 8.15. The quantitative estimate of drug-likeness (QED) is 0.00766. The number of aliphatic hydroxyl groups is 6. The molecule has 16 nitrogen and oxygen atoms in total. The van der Waals surface area contributed by atoms with E-state index >= 15 is 0 Å². The first-order valence-electron chi connectivity index (χ1n) is 34.5. The molecule has 0 heterocycles. The first kappa shape index (κ1) is 91.9. The van der Waals surface area contributed by atoms with Gasteiger partial charge in [0.05, 0.1) is 6.61 Å². The van der Waals surface area contributed by atoms with E-state index in [4.69, 9.17) is 64.8 Å². The van der Waals surface area contributed by atoms with Crippen molar-refractivity contribution in [1.29, 1.82) is 0 Å². The van der Waals surface area contributed by atoms with Crippen LogP contribution in [0, 0.1) is 0 Å². The Balaban J connectivity index is 0. The molecule has 8 N–H and O–H groups in total. The molecule has 0 fully saturated rings. The zero-order chi connectivity index (χ0) is 72.8. The summed E-state index contributed by atoms with van der Waals surface area (Å²) < 4.78 is 5.01. The molecule has 6 aromatic rings. The summed E-state index contributed by atoms with van der Waals surface area (Å²) in [5, 5.41) is 69.3. The van der Waals surface area contributed by atoms with Crippen molar-refractivity contribution in [3.8, 4) is 0 Å². The predicted molar refractivity (Wildman–Crippen MR) is 388 cm³/mol. The monoisotopic (exact) mass is 1350 g/mol. The van der Waals surface area contributed by atoms with Gasteiger partial charge >= 0.3 is 24.2 Å². The summed E-state index contributed by atoms with van der Waals surface area (Å²) in [7, 11) is 1.70. The number of carbonyl (C=O) groups is 3. The number of unbranched alkanes of at least 4 members (excludes halogenated alkanes) is 6. The molecule has 0 aliphatic carbocycles. The van der Waals surface area contributed by atoms with E-state index in [9.17, 15) is 14.4 Å². The van der Waals surface area contributed by atoms with Gasteiger partial charge in [0, 0.05) is 65.7 Å². The third-order valence-corrected chi connectivity index (χ3v) is 14.8. The average molecular weight is 1360 g/mol. The number of ether oxygens (including phenoxy) is 1. The molecule has 0 spiro atoms. The minimum atomic E-state index is -0.885. The fourth-order valence-electron chi connectivity index (χ4n) is 9.84. The molecule has 0 unspecified atom stereocenters. The Hall–Kier alpha value is -8.11. The number of carbonyl (C=O) groups excluding carboxylic acids is 5. The smallest absolute Gasteiger partial charge is 0.373 e. The van der Waals surface area contributed by atoms with Crippen LogP contribution in [0.25, 0.3) is 0 Å². The highest BCUT2D eigenvalue weighted by molar-refractivity contribution is 5.79. The van der Waals surface area contributed by atoms with Gasteiger partial charge in [-0.15, -0.1) is 6.58 Å². The minimum Gasteiger partial charge on any atom is -0.481 e. The van der Waals surface area contributed by atoms with Crippen LogP contribution in [-0.2, 0) is 115 Å². The molecule has 0 saturated heterocycles. The van der Waals surface area contributed by atoms with Crippen molar-refractivity contribution < 1.29 is 79.2 Å². The lowest BCUT2D eigenvalue weighted by Gasteiger charge is -2.05. The highest BCUT2D eigenvalue weighted by Crippen LogP contribution is 2.16. The number of aliphatic carboxylic acids is 2. The molecular formula is C82H114O16. The lowest BCUT2D eigenvalue weighted by Crippen LogP contribution is -1.95. The van der Waals surface area contributed by atoms with Gasteiger partial charge < -0.3 is 50.4 Å². The van der Waals surface area contributed by atoms with Gasteiger partial charge in [-0.3, -0.25) is 4.79 Å². The van der Waals surface area contributed by atoms with E-state index in [-0.39, 0.29) is 45.2 Å². The molecule has 0 radical (unpaired) electrons. The third-order valence-electron chi connectivity index (χ3n) is 14.8. The lowest BCUT2D eigenvalue weighted by molar-refractivity contribution is -0.193. The SMILES string of the molecule is C=CCCc1cccc(CC/C=C/C(=O)O)c1.CCCCc1cccc(CCCCC(=O)O)c1.COCCc1cccc(CCC=O)c1.O=C=O.O=C=O.OCCCCCc1cccc(CCCCCO)c1.OCCCc1cccc(CCCO)c1.OCCc1cccc(CCO)c1. The number of aldehydes is 1. The van der Waals surface area contributed by atoms with Crippen LogP contribution >= 0.6 is 0 Å². The highest BCUT2D eigenvalue weighted by atomic mass is 16.5. The summed E-state index contributed by atoms with van der Waals surface area (Å²) in [6, 6.07) is 50.5. The van der Waals surface area contributed by atoms with Crippen molar-refractivity contribution in [3.05, 3.63) is 237 Å². The first-order chi connectivity index (χ1) is 47.7. The summed E-state index contributed by atoms with van der Waals surface area (Å²) in [4.78, 5) is 63.4. The van der Waals surface area contributed by atoms with Gasteiger partial charge in [-0.25, -0.2) is 4.79 Å². The summed E-state index contributed by atoms with van der Waals surface area (Å²) >= 11 is 0. The van der Waals surface area contributed by atoms with Crippen LogP contribution < -0.4 is 0 Å². The summed E-state index contributed by atoms with van der Waals surface area (Å²) in [6.07, 6.45) is 32.4. The van der Waals surface area contributed by atoms with Crippen molar-refractivity contribution in [2.24, 2.45) is 0 Å². The van der Waals surface area contributed by atoms with E-state index < -0.39 is 11.9 Å². The molecule has 0 aliphatic heterocycles. The Morgan fingerprint density at radius 2 is 0.684 bits per heavy atom. The number of carboxylic acids is 2. The third kappa shape index (κ3) is 57.0. The molecule has 0 bridgehead atoms. The number of rotatable bonds is 41. The minimum absolute atomic E-state index is 0.183. The maximum atomic E-state index is 10.4. The van der Waals surface area contributed by atoms with Gasteiger partial charge in [-0.1, -0.05) is 184 Å². The zero-order valence-corrected chi connectivity index (χ0v) is 58.5. The van der Waals surface area contributed by atoms with Crippen LogP contribution in [0.2, 0.25) is 0 Å². The summed E-state index contributed by atoms with van der Waals surface area (Å²) in [5.74, 6) is -1.58. The molecule has 0 aromatic heterocycles. The van der Waals surface area contributed by atoms with Crippen molar-refractivity contribution in [2.75, 3.05) is 53.4 Å². The Bertz CT molecular complexity index is 2930. The fourth-order valence-corrected chi connectivity index (χ4v) is 9.84. The number of methoxy groups -OCH3 is 1. The van der Waals surface area contributed by atoms with Gasteiger partial charge in [0.1, 0.15) is 6.29 Å². The van der Waals surface area contributed by atoms with Gasteiger partial charge in [0.25, 0.3) is 0 Å². The van der Waals surface area contributed by atoms with Crippen LogP contribution in [-0.4, -0.2) is 125 Å². The Labute approximate surface area is 584 Å². The second kappa shape index (κ2) is 68.8. The molecule has 6 aromatic carbocycles. The van der Waals surface area contributed by atoms with E-state index in [1.54, 1.807) is 13.2 Å². The standard InChI is InChI=1S/C16H26O2.C15H22O2.C15H18O2.C12H16O2.C12H18O2.C10H14O2.2CO2/c17-12-5-1-3-8-15-10-7-11-16(14-15)9-4-2-6-13-18;2*1-2-3-7-13-9-6-10-14(12-13)8-4-5-11-15(16)17;1-14-9-7-12-5-2-4-11(10-12)6-3-8-13;13-8-2-6-11-4-1-5-12(10-11)7-3-9-14;11-6-4-9-2-1-3-10(8-9)5-7-12;2*2-1-3/h7,10-11,14,17-18H,1-6,8-9,12-13H2;6,9-10,12H,2-5,7-8,11H2,1H3,(H,16,17);2,5-6,9-12H,1,3-4,7-8H2,(H,16,17);2,4-5,8,10H,3,6-7,9H2,1H3;1,4-5,10,13-14H,2-3,6-9H2;1-3,8,11-12H,4-7H2;;/b;;11-5+;;;;;. The van der Waals surface area contributed by atoms with E-state index in [0.29, 0.717) is 32.5 Å². The number of benzene rings is 6. The Morgan fingerprint density at radius 1 is 0.388 bits per heavy atom. The lowest BCUT2D eigenvalue weighted by atomic mass is 10.0. The van der Waals surface area contributed by atoms with Crippen LogP contribution in [0.3, 0.4) is 0 Å². The second-order valence-electron chi connectivity index (χ2n) is 23.0. The number of hydrogen-bond donors (Lipinski definition) is 8. The van der Waals surface area contributed by atoms with Gasteiger partial charge in [0.2, 0.25) is 0 Å². The second-order valence-corrected chi connectivity index (χ2v) is 23.0. The molecule has 0 saturated carbocycles. The van der Waals surface area contributed by atoms with Crippen LogP contribution in [0.1, 0.15) is 176 Å². The topological polar surface area (TPSA) is 291 Å². The Kier molecular flexibility index (Phi) is 64.6. The van der Waals surface area contributed by atoms with Gasteiger partial charge in [-0.2, -0.15) is 19.2 Å². The number of aryl methyl sites for hydroxylation is 9. The largest absolute Gasteiger partial charge is 0.481 e. The number of allylic oxidation sites excluding steroid dienone is 2. The normalized spacial score (nSPS) is 9.96. The van der Waals surface area contributed by atoms with Crippen molar-refractivity contribution in [2.45, 2.75) is 187 Å². The maximum Gasteiger partial charge on any atom is 0.373 e. The molecule has 16 heteroatoms. The highest BCUT2D eigenvalue weighted by Gasteiger charge is 2.03. The fraction of sp³-hybridized carbons (Fsp3) is 0.451. The molecule has 6 rings (SSSR count). The van der Waals surface area contributed by atoms with Gasteiger partial charge in [0.15, 0.2) is 0 Å². The van der Waals surface area contributed by atoms with Crippen molar-refractivity contribution in [3.63, 3.8) is 0 Å². The summed E-state index contributed by atoms with van der Waals surface area (Å²) in [5.41, 5.74) is 15.4. The molecule has 0 amide bonds. The van der Waals surface area contributed by atoms with E-state index in [0.717, 1.165) is 165 Å².